The highest BCUT2D eigenvalue weighted by atomic mass is 19.3. The lowest BCUT2D eigenvalue weighted by Crippen LogP contribution is -2.37. The van der Waals surface area contributed by atoms with Crippen molar-refractivity contribution in [1.82, 2.24) is 10.6 Å². The van der Waals surface area contributed by atoms with Gasteiger partial charge in [-0.2, -0.15) is 8.78 Å². The molecule has 0 saturated heterocycles. The summed E-state index contributed by atoms with van der Waals surface area (Å²) in [5.41, 5.74) is 0.559. The maximum atomic E-state index is 12.6. The molecule has 0 spiro atoms. The van der Waals surface area contributed by atoms with Gasteiger partial charge in [-0.1, -0.05) is 19.3 Å². The molecule has 6 nitrogen and oxygen atoms in total. The molecule has 0 aromatic heterocycles. The van der Waals surface area contributed by atoms with E-state index in [1.165, 1.54) is 45.3 Å². The summed E-state index contributed by atoms with van der Waals surface area (Å²) in [7, 11) is 3.19. The van der Waals surface area contributed by atoms with Crippen LogP contribution in [-0.2, 0) is 11.3 Å². The van der Waals surface area contributed by atoms with Crippen LogP contribution < -0.4 is 20.1 Å². The minimum Gasteiger partial charge on any atom is -0.497 e. The molecule has 2 rings (SSSR count). The molecule has 2 N–H and O–H groups in total. The molecular formula is C20H31F2N3O3. The van der Waals surface area contributed by atoms with Crippen LogP contribution in [-0.4, -0.2) is 46.0 Å². The number of hydrogen-bond donors (Lipinski definition) is 2. The van der Waals surface area contributed by atoms with Crippen LogP contribution in [0.3, 0.4) is 0 Å². The molecule has 0 amide bonds. The summed E-state index contributed by atoms with van der Waals surface area (Å²) < 4.78 is 40.8. The number of guanidine groups is 1. The van der Waals surface area contributed by atoms with E-state index < -0.39 is 6.61 Å². The van der Waals surface area contributed by atoms with Crippen molar-refractivity contribution in [3.05, 3.63) is 23.8 Å². The van der Waals surface area contributed by atoms with Crippen LogP contribution in [0.5, 0.6) is 11.5 Å². The first-order valence-electron chi connectivity index (χ1n) is 9.80. The van der Waals surface area contributed by atoms with Gasteiger partial charge in [-0.05, 0) is 37.5 Å². The highest BCUT2D eigenvalue weighted by Gasteiger charge is 2.13. The summed E-state index contributed by atoms with van der Waals surface area (Å²) in [6.07, 6.45) is 7.46. The highest BCUT2D eigenvalue weighted by Crippen LogP contribution is 2.25. The summed E-state index contributed by atoms with van der Waals surface area (Å²) in [6.45, 7) is -1.17. The zero-order valence-electron chi connectivity index (χ0n) is 16.7. The highest BCUT2D eigenvalue weighted by molar-refractivity contribution is 5.79. The number of rotatable bonds is 10. The summed E-state index contributed by atoms with van der Waals surface area (Å²) in [6, 6.07) is 4.72. The van der Waals surface area contributed by atoms with Crippen LogP contribution >= 0.6 is 0 Å². The molecule has 1 aliphatic carbocycles. The normalized spacial score (nSPS) is 15.5. The number of benzene rings is 1. The lowest BCUT2D eigenvalue weighted by atomic mass is 9.98. The molecule has 1 aliphatic rings. The van der Waals surface area contributed by atoms with Gasteiger partial charge in [0.1, 0.15) is 11.5 Å². The fourth-order valence-corrected chi connectivity index (χ4v) is 3.19. The van der Waals surface area contributed by atoms with Crippen molar-refractivity contribution < 1.29 is 23.0 Å². The van der Waals surface area contributed by atoms with E-state index >= 15 is 0 Å². The summed E-state index contributed by atoms with van der Waals surface area (Å²) in [5, 5.41) is 6.31. The van der Waals surface area contributed by atoms with Crippen molar-refractivity contribution in [2.75, 3.05) is 27.3 Å². The third-order valence-electron chi connectivity index (χ3n) is 4.67. The van der Waals surface area contributed by atoms with Crippen LogP contribution in [0.4, 0.5) is 8.78 Å². The van der Waals surface area contributed by atoms with Crippen LogP contribution in [0.25, 0.3) is 0 Å². The molecule has 0 bridgehead atoms. The fourth-order valence-electron chi connectivity index (χ4n) is 3.19. The predicted molar refractivity (Wildman–Crippen MR) is 105 cm³/mol. The number of alkyl halides is 2. The van der Waals surface area contributed by atoms with Gasteiger partial charge in [-0.3, -0.25) is 4.99 Å². The van der Waals surface area contributed by atoms with E-state index in [0.29, 0.717) is 29.9 Å². The number of nitrogens with zero attached hydrogens (tertiary/aromatic N) is 1. The van der Waals surface area contributed by atoms with E-state index in [2.05, 4.69) is 20.4 Å². The molecule has 1 saturated carbocycles. The summed E-state index contributed by atoms with van der Waals surface area (Å²) >= 11 is 0. The van der Waals surface area contributed by atoms with Crippen molar-refractivity contribution in [2.24, 2.45) is 4.99 Å². The van der Waals surface area contributed by atoms with Crippen molar-refractivity contribution >= 4 is 5.96 Å². The summed E-state index contributed by atoms with van der Waals surface area (Å²) in [5.74, 6) is 1.27. The monoisotopic (exact) mass is 399 g/mol. The van der Waals surface area contributed by atoms with Gasteiger partial charge in [0.05, 0.1) is 13.2 Å². The smallest absolute Gasteiger partial charge is 0.387 e. The Kier molecular flexibility index (Phi) is 9.82. The van der Waals surface area contributed by atoms with E-state index in [-0.39, 0.29) is 12.3 Å². The molecule has 1 aromatic rings. The van der Waals surface area contributed by atoms with Gasteiger partial charge >= 0.3 is 6.61 Å². The molecule has 0 unspecified atom stereocenters. The van der Waals surface area contributed by atoms with Gasteiger partial charge in [0, 0.05) is 32.3 Å². The van der Waals surface area contributed by atoms with Crippen LogP contribution in [0.15, 0.2) is 23.2 Å². The average Bonchev–Trinajstić information content (AvgIpc) is 2.71. The van der Waals surface area contributed by atoms with E-state index in [9.17, 15) is 8.78 Å². The standard InChI is InChI=1S/C20H31F2N3O3/c1-23-20(24-11-6-12-27-16-7-4-3-5-8-16)25-14-15-13-17(26-2)9-10-18(15)28-19(21)22/h9-10,13,16,19H,3-8,11-12,14H2,1-2H3,(H2,23,24,25). The molecule has 1 aromatic carbocycles. The number of methoxy groups -OCH3 is 1. The Bertz CT molecular complexity index is 608. The second-order valence-electron chi connectivity index (χ2n) is 6.69. The molecule has 1 fully saturated rings. The second-order valence-corrected chi connectivity index (χ2v) is 6.69. The minimum atomic E-state index is -2.88. The average molecular weight is 399 g/mol. The first-order valence-corrected chi connectivity index (χ1v) is 9.80. The zero-order valence-corrected chi connectivity index (χ0v) is 16.7. The van der Waals surface area contributed by atoms with E-state index in [1.807, 2.05) is 0 Å². The molecule has 0 aliphatic heterocycles. The van der Waals surface area contributed by atoms with Gasteiger partial charge in [0.2, 0.25) is 0 Å². The third-order valence-corrected chi connectivity index (χ3v) is 4.67. The molecule has 0 atom stereocenters. The van der Waals surface area contributed by atoms with Crippen molar-refractivity contribution in [3.63, 3.8) is 0 Å². The minimum absolute atomic E-state index is 0.111. The van der Waals surface area contributed by atoms with Gasteiger partial charge in [-0.15, -0.1) is 0 Å². The van der Waals surface area contributed by atoms with Crippen LogP contribution in [0.2, 0.25) is 0 Å². The molecule has 0 heterocycles. The van der Waals surface area contributed by atoms with Gasteiger partial charge in [0.15, 0.2) is 5.96 Å². The van der Waals surface area contributed by atoms with E-state index in [4.69, 9.17) is 9.47 Å². The van der Waals surface area contributed by atoms with Crippen molar-refractivity contribution in [1.29, 1.82) is 0 Å². The van der Waals surface area contributed by atoms with Gasteiger partial charge in [-0.25, -0.2) is 0 Å². The Morgan fingerprint density at radius 2 is 2.00 bits per heavy atom. The van der Waals surface area contributed by atoms with E-state index in [0.717, 1.165) is 13.0 Å². The van der Waals surface area contributed by atoms with Crippen LogP contribution in [0, 0.1) is 0 Å². The largest absolute Gasteiger partial charge is 0.497 e. The third kappa shape index (κ3) is 7.88. The lowest BCUT2D eigenvalue weighted by Gasteiger charge is -2.22. The SMILES string of the molecule is CN=C(NCCCOC1CCCCC1)NCc1cc(OC)ccc1OC(F)F. The van der Waals surface area contributed by atoms with Crippen molar-refractivity contribution in [2.45, 2.75) is 57.8 Å². The summed E-state index contributed by atoms with van der Waals surface area (Å²) in [4.78, 5) is 4.16. The zero-order chi connectivity index (χ0) is 20.2. The lowest BCUT2D eigenvalue weighted by molar-refractivity contribution is -0.0505. The maximum Gasteiger partial charge on any atom is 0.387 e. The second kappa shape index (κ2) is 12.4. The number of ether oxygens (including phenoxy) is 3. The Hall–Kier alpha value is -2.09. The Morgan fingerprint density at radius 1 is 1.21 bits per heavy atom. The van der Waals surface area contributed by atoms with Crippen LogP contribution in [0.1, 0.15) is 44.1 Å². The molecule has 28 heavy (non-hydrogen) atoms. The molecular weight excluding hydrogens is 368 g/mol. The van der Waals surface area contributed by atoms with Gasteiger partial charge < -0.3 is 24.8 Å². The Labute approximate surface area is 165 Å². The number of hydrogen-bond acceptors (Lipinski definition) is 4. The quantitative estimate of drug-likeness (QED) is 0.357. The predicted octanol–water partition coefficient (Wildman–Crippen LogP) is 3.70. The topological polar surface area (TPSA) is 64.1 Å². The number of halogens is 2. The number of aliphatic imine (C=N–C) groups is 1. The molecule has 8 heteroatoms. The maximum absolute atomic E-state index is 12.6. The Morgan fingerprint density at radius 3 is 2.68 bits per heavy atom. The fraction of sp³-hybridized carbons (Fsp3) is 0.650. The number of nitrogens with one attached hydrogen (secondary N) is 2. The van der Waals surface area contributed by atoms with E-state index in [1.54, 1.807) is 19.2 Å². The Balaban J connectivity index is 1.75. The first kappa shape index (κ1) is 22.2. The van der Waals surface area contributed by atoms with Crippen molar-refractivity contribution in [3.8, 4) is 11.5 Å². The first-order chi connectivity index (χ1) is 13.6. The molecule has 0 radical (unpaired) electrons. The van der Waals surface area contributed by atoms with Gasteiger partial charge in [0.25, 0.3) is 0 Å². The molecule has 158 valence electrons.